The summed E-state index contributed by atoms with van der Waals surface area (Å²) in [6.07, 6.45) is 2.45. The van der Waals surface area contributed by atoms with E-state index in [0.29, 0.717) is 13.2 Å². The van der Waals surface area contributed by atoms with E-state index in [1.54, 1.807) is 0 Å². The molecule has 1 fully saturated rings. The molecule has 0 N–H and O–H groups in total. The van der Waals surface area contributed by atoms with Gasteiger partial charge in [0.1, 0.15) is 5.75 Å². The number of nitrogens with zero attached hydrogens (tertiary/aromatic N) is 1. The molecule has 1 heterocycles. The monoisotopic (exact) mass is 261 g/mol. The van der Waals surface area contributed by atoms with Crippen molar-refractivity contribution in [3.05, 3.63) is 29.8 Å². The zero-order valence-electron chi connectivity index (χ0n) is 11.9. The Morgan fingerprint density at radius 3 is 2.63 bits per heavy atom. The summed E-state index contributed by atoms with van der Waals surface area (Å²) in [6, 6.07) is 7.46. The summed E-state index contributed by atoms with van der Waals surface area (Å²) >= 11 is 0. The molecule has 2 rings (SSSR count). The number of Topliss-reactive ketones (excluding diaryl/α,β-unsaturated/α-hetero) is 1. The maximum Gasteiger partial charge on any atom is 0.176 e. The second kappa shape index (κ2) is 6.71. The van der Waals surface area contributed by atoms with Crippen molar-refractivity contribution in [3.63, 3.8) is 0 Å². The molecule has 0 saturated carbocycles. The highest BCUT2D eigenvalue weighted by molar-refractivity contribution is 5.97. The summed E-state index contributed by atoms with van der Waals surface area (Å²) in [5.74, 6) is 1.80. The summed E-state index contributed by atoms with van der Waals surface area (Å²) in [5.41, 5.74) is 0.781. The molecule has 1 aromatic rings. The van der Waals surface area contributed by atoms with E-state index >= 15 is 0 Å². The quantitative estimate of drug-likeness (QED) is 0.737. The summed E-state index contributed by atoms with van der Waals surface area (Å²) in [5, 5.41) is 0. The van der Waals surface area contributed by atoms with Crippen LogP contribution in [-0.4, -0.2) is 36.9 Å². The minimum Gasteiger partial charge on any atom is -0.494 e. The third-order valence-electron chi connectivity index (χ3n) is 3.80. The molecule has 104 valence electrons. The van der Waals surface area contributed by atoms with Gasteiger partial charge in [0, 0.05) is 12.1 Å². The molecule has 19 heavy (non-hydrogen) atoms. The van der Waals surface area contributed by atoms with Crippen molar-refractivity contribution < 1.29 is 9.53 Å². The van der Waals surface area contributed by atoms with Gasteiger partial charge < -0.3 is 4.74 Å². The molecule has 3 heteroatoms. The van der Waals surface area contributed by atoms with Crippen molar-refractivity contribution in [2.75, 3.05) is 26.2 Å². The molecule has 1 aliphatic heterocycles. The Morgan fingerprint density at radius 1 is 1.32 bits per heavy atom. The van der Waals surface area contributed by atoms with Crippen molar-refractivity contribution >= 4 is 5.78 Å². The maximum absolute atomic E-state index is 12.2. The minimum absolute atomic E-state index is 0.208. The number of hydrogen-bond donors (Lipinski definition) is 0. The topological polar surface area (TPSA) is 29.5 Å². The Morgan fingerprint density at radius 2 is 2.05 bits per heavy atom. The molecule has 0 radical (unpaired) electrons. The van der Waals surface area contributed by atoms with Gasteiger partial charge in [0.05, 0.1) is 13.2 Å². The van der Waals surface area contributed by atoms with Crippen LogP contribution >= 0.6 is 0 Å². The highest BCUT2D eigenvalue weighted by atomic mass is 16.5. The molecule has 0 amide bonds. The number of hydrogen-bond acceptors (Lipinski definition) is 3. The average Bonchev–Trinajstić information content (AvgIpc) is 2.87. The zero-order valence-corrected chi connectivity index (χ0v) is 11.9. The number of carbonyl (C=O) groups is 1. The molecule has 1 aliphatic rings. The summed E-state index contributed by atoms with van der Waals surface area (Å²) in [4.78, 5) is 14.5. The van der Waals surface area contributed by atoms with E-state index in [-0.39, 0.29) is 5.78 Å². The van der Waals surface area contributed by atoms with E-state index in [4.69, 9.17) is 4.74 Å². The largest absolute Gasteiger partial charge is 0.494 e. The molecule has 0 aromatic heterocycles. The van der Waals surface area contributed by atoms with Gasteiger partial charge >= 0.3 is 0 Å². The lowest BCUT2D eigenvalue weighted by molar-refractivity contribution is 0.0943. The highest BCUT2D eigenvalue weighted by Crippen LogP contribution is 2.19. The molecule has 3 nitrogen and oxygen atoms in total. The van der Waals surface area contributed by atoms with Gasteiger partial charge in [-0.25, -0.2) is 0 Å². The van der Waals surface area contributed by atoms with Gasteiger partial charge in [0.25, 0.3) is 0 Å². The molecule has 0 aliphatic carbocycles. The lowest BCUT2D eigenvalue weighted by atomic mass is 10.1. The van der Waals surface area contributed by atoms with Crippen molar-refractivity contribution in [2.24, 2.45) is 5.92 Å². The van der Waals surface area contributed by atoms with Crippen LogP contribution in [0.1, 0.15) is 37.0 Å². The first-order valence-corrected chi connectivity index (χ1v) is 7.21. The highest BCUT2D eigenvalue weighted by Gasteiger charge is 2.22. The van der Waals surface area contributed by atoms with Crippen LogP contribution in [0.5, 0.6) is 5.75 Å². The van der Waals surface area contributed by atoms with Crippen molar-refractivity contribution in [1.82, 2.24) is 4.90 Å². The molecule has 1 aromatic carbocycles. The van der Waals surface area contributed by atoms with Gasteiger partial charge in [0.2, 0.25) is 0 Å². The van der Waals surface area contributed by atoms with Crippen LogP contribution in [0.3, 0.4) is 0 Å². The van der Waals surface area contributed by atoms with E-state index in [0.717, 1.165) is 30.3 Å². The second-order valence-electron chi connectivity index (χ2n) is 5.18. The first-order valence-electron chi connectivity index (χ1n) is 7.21. The number of ether oxygens (including phenoxy) is 1. The Bertz CT molecular complexity index is 413. The fourth-order valence-corrected chi connectivity index (χ4v) is 2.59. The van der Waals surface area contributed by atoms with Crippen LogP contribution in [-0.2, 0) is 0 Å². The molecule has 1 unspecified atom stereocenters. The summed E-state index contributed by atoms with van der Waals surface area (Å²) in [6.45, 7) is 7.50. The van der Waals surface area contributed by atoms with E-state index in [9.17, 15) is 4.79 Å². The predicted molar refractivity (Wildman–Crippen MR) is 76.8 cm³/mol. The zero-order chi connectivity index (χ0) is 13.7. The molecular weight excluding hydrogens is 238 g/mol. The smallest absolute Gasteiger partial charge is 0.176 e. The predicted octanol–water partition coefficient (Wildman–Crippen LogP) is 3.00. The Hall–Kier alpha value is -1.35. The van der Waals surface area contributed by atoms with E-state index in [1.165, 1.54) is 12.8 Å². The summed E-state index contributed by atoms with van der Waals surface area (Å²) in [7, 11) is 0. The minimum atomic E-state index is 0.208. The van der Waals surface area contributed by atoms with Gasteiger partial charge in [-0.05, 0) is 50.1 Å². The fourth-order valence-electron chi connectivity index (χ4n) is 2.59. The van der Waals surface area contributed by atoms with E-state index < -0.39 is 0 Å². The first kappa shape index (κ1) is 14.1. The van der Waals surface area contributed by atoms with Crippen LogP contribution in [0.15, 0.2) is 24.3 Å². The van der Waals surface area contributed by atoms with Gasteiger partial charge in [-0.2, -0.15) is 0 Å². The number of ketones is 1. The summed E-state index contributed by atoms with van der Waals surface area (Å²) < 4.78 is 5.38. The lowest BCUT2D eigenvalue weighted by Gasteiger charge is -2.14. The van der Waals surface area contributed by atoms with Gasteiger partial charge in [-0.1, -0.05) is 13.3 Å². The van der Waals surface area contributed by atoms with Crippen molar-refractivity contribution in [3.8, 4) is 5.75 Å². The van der Waals surface area contributed by atoms with Crippen LogP contribution in [0.25, 0.3) is 0 Å². The van der Waals surface area contributed by atoms with Crippen LogP contribution in [0, 0.1) is 5.92 Å². The van der Waals surface area contributed by atoms with Gasteiger partial charge in [0.15, 0.2) is 5.78 Å². The number of rotatable bonds is 6. The SMILES string of the molecule is CCOc1ccc(C(=O)CN2CCC(CC)C2)cc1. The number of benzene rings is 1. The maximum atomic E-state index is 12.2. The van der Waals surface area contributed by atoms with Crippen LogP contribution in [0.4, 0.5) is 0 Å². The van der Waals surface area contributed by atoms with Gasteiger partial charge in [-0.15, -0.1) is 0 Å². The van der Waals surface area contributed by atoms with E-state index in [2.05, 4.69) is 11.8 Å². The standard InChI is InChI=1S/C16H23NO2/c1-3-13-9-10-17(11-13)12-16(18)14-5-7-15(8-6-14)19-4-2/h5-8,13H,3-4,9-12H2,1-2H3. The normalized spacial score (nSPS) is 19.6. The molecule has 0 spiro atoms. The Labute approximate surface area is 115 Å². The molecule has 1 atom stereocenters. The van der Waals surface area contributed by atoms with Crippen molar-refractivity contribution in [2.45, 2.75) is 26.7 Å². The van der Waals surface area contributed by atoms with Crippen LogP contribution in [0.2, 0.25) is 0 Å². The number of likely N-dealkylation sites (tertiary alicyclic amines) is 1. The number of carbonyl (C=O) groups excluding carboxylic acids is 1. The molecule has 0 bridgehead atoms. The average molecular weight is 261 g/mol. The lowest BCUT2D eigenvalue weighted by Crippen LogP contribution is -2.27. The third kappa shape index (κ3) is 3.80. The van der Waals surface area contributed by atoms with Gasteiger partial charge in [-0.3, -0.25) is 9.69 Å². The molecule has 1 saturated heterocycles. The Balaban J connectivity index is 1.89. The first-order chi connectivity index (χ1) is 9.22. The van der Waals surface area contributed by atoms with E-state index in [1.807, 2.05) is 31.2 Å². The Kier molecular flexibility index (Phi) is 4.97. The second-order valence-corrected chi connectivity index (χ2v) is 5.18. The van der Waals surface area contributed by atoms with Crippen LogP contribution < -0.4 is 4.74 Å². The van der Waals surface area contributed by atoms with Crippen molar-refractivity contribution in [1.29, 1.82) is 0 Å². The third-order valence-corrected chi connectivity index (χ3v) is 3.80. The molecular formula is C16H23NO2. The fraction of sp³-hybridized carbons (Fsp3) is 0.562.